The zero-order valence-electron chi connectivity index (χ0n) is 36.4. The number of hydrogen-bond donors (Lipinski definition) is 1. The monoisotopic (exact) mass is 841 g/mol. The van der Waals surface area contributed by atoms with Crippen LogP contribution in [0.5, 0.6) is 0 Å². The van der Waals surface area contributed by atoms with Gasteiger partial charge in [0.1, 0.15) is 11.2 Å². The molecule has 0 spiro atoms. The number of pyridine rings is 3. The number of hydrogen-bond acceptors (Lipinski definition) is 5. The van der Waals surface area contributed by atoms with E-state index in [-0.39, 0.29) is 0 Å². The fourth-order valence-corrected chi connectivity index (χ4v) is 7.80. The molecule has 0 aliphatic rings. The van der Waals surface area contributed by atoms with Crippen LogP contribution in [0.3, 0.4) is 0 Å². The Kier molecular flexibility index (Phi) is 14.1. The minimum atomic E-state index is 0.853. The van der Waals surface area contributed by atoms with Gasteiger partial charge in [-0.2, -0.15) is 12.6 Å². The summed E-state index contributed by atoms with van der Waals surface area (Å²) in [6.07, 6.45) is 18.5. The van der Waals surface area contributed by atoms with Gasteiger partial charge in [0.2, 0.25) is 0 Å². The number of rotatable bonds is 5. The third-order valence-corrected chi connectivity index (χ3v) is 10.5. The number of fused-ring (bicyclic) bond motifs is 9. The zero-order chi connectivity index (χ0) is 44.3. The van der Waals surface area contributed by atoms with E-state index >= 15 is 0 Å². The third-order valence-electron chi connectivity index (χ3n) is 10.5. The molecule has 0 aliphatic carbocycles. The van der Waals surface area contributed by atoms with Gasteiger partial charge in [-0.05, 0) is 86.3 Å². The van der Waals surface area contributed by atoms with E-state index in [2.05, 4.69) is 166 Å². The SMILES string of the molecule is C=C/C=C\C(=C)C.CC.CS.Cc1ccccc1.c1ccc(-n2c3ccc(-c4cccc5c4oc4ccc(-n6c7cnccc7c7ccncc76)cc45)cc3c3ccncc32)cc1. The maximum absolute atomic E-state index is 6.61. The van der Waals surface area contributed by atoms with Crippen LogP contribution in [-0.2, 0) is 0 Å². The van der Waals surface area contributed by atoms with Gasteiger partial charge in [-0.1, -0.05) is 129 Å². The molecule has 63 heavy (non-hydrogen) atoms. The Labute approximate surface area is 374 Å². The maximum atomic E-state index is 6.61. The van der Waals surface area contributed by atoms with Crippen molar-refractivity contribution in [3.8, 4) is 22.5 Å². The van der Waals surface area contributed by atoms with Gasteiger partial charge in [-0.3, -0.25) is 15.0 Å². The number of nitrogens with zero attached hydrogens (tertiary/aromatic N) is 5. The summed E-state index contributed by atoms with van der Waals surface area (Å²) >= 11 is 3.53. The summed E-state index contributed by atoms with van der Waals surface area (Å²) in [5.41, 5.74) is 12.8. The molecule has 0 N–H and O–H groups in total. The van der Waals surface area contributed by atoms with Crippen molar-refractivity contribution < 1.29 is 4.42 Å². The summed E-state index contributed by atoms with van der Waals surface area (Å²) < 4.78 is 11.1. The largest absolute Gasteiger partial charge is 0.455 e. The maximum Gasteiger partial charge on any atom is 0.143 e. The summed E-state index contributed by atoms with van der Waals surface area (Å²) in [6, 6.07) is 46.4. The van der Waals surface area contributed by atoms with Crippen molar-refractivity contribution in [3.05, 3.63) is 213 Å². The molecule has 312 valence electrons. The molecule has 11 aromatic rings. The molecule has 0 fully saturated rings. The lowest BCUT2D eigenvalue weighted by Crippen LogP contribution is -1.94. The van der Waals surface area contributed by atoms with Crippen molar-refractivity contribution >= 4 is 78.2 Å². The van der Waals surface area contributed by atoms with Crippen molar-refractivity contribution in [2.24, 2.45) is 0 Å². The van der Waals surface area contributed by atoms with Crippen molar-refractivity contribution in [2.75, 3.05) is 6.26 Å². The first-order valence-electron chi connectivity index (χ1n) is 21.0. The third kappa shape index (κ3) is 8.96. The second kappa shape index (κ2) is 20.4. The molecule has 0 saturated heterocycles. The first kappa shape index (κ1) is 43.6. The van der Waals surface area contributed by atoms with Gasteiger partial charge in [0.05, 0.1) is 40.7 Å². The molecule has 11 rings (SSSR count). The number of aryl methyl sites for hydroxylation is 1. The topological polar surface area (TPSA) is 61.7 Å². The fourth-order valence-electron chi connectivity index (χ4n) is 7.80. The van der Waals surface area contributed by atoms with Gasteiger partial charge in [0, 0.05) is 67.8 Å². The van der Waals surface area contributed by atoms with E-state index in [9.17, 15) is 0 Å². The smallest absolute Gasteiger partial charge is 0.143 e. The average molecular weight is 842 g/mol. The molecule has 0 aliphatic heterocycles. The van der Waals surface area contributed by atoms with Gasteiger partial charge in [0.25, 0.3) is 0 Å². The summed E-state index contributed by atoms with van der Waals surface area (Å²) in [7, 11) is 0. The van der Waals surface area contributed by atoms with E-state index in [1.807, 2.05) is 94.4 Å². The Hall–Kier alpha value is -7.48. The molecule has 0 saturated carbocycles. The zero-order valence-corrected chi connectivity index (χ0v) is 37.3. The Morgan fingerprint density at radius 2 is 1.14 bits per heavy atom. The van der Waals surface area contributed by atoms with Gasteiger partial charge in [-0.25, -0.2) is 0 Å². The van der Waals surface area contributed by atoms with Crippen LogP contribution >= 0.6 is 12.6 Å². The number of thiol groups is 1. The van der Waals surface area contributed by atoms with Gasteiger partial charge in [0.15, 0.2) is 0 Å². The number of benzene rings is 5. The molecule has 0 bridgehead atoms. The standard InChI is InChI=1S/C39H23N5O.C7H8.C7H10.C2H6.CH4S/c1-2-5-25(6-3-1)43-34-11-9-24(19-32(34)30-15-18-42-23-37(30)43)27-7-4-8-31-33-20-26(10-12-38(33)45-39(27)31)44-35-21-40-16-13-28(35)29-14-17-41-22-36(29)44;1-7-5-3-2-4-6-7;1-4-5-6-7(2)3;2*1-2/h1-23H;2-6H,1H3;4-6H,1-2H2,3H3;1-2H3;2H,1H3/b;;6-5-;;. The Morgan fingerprint density at radius 3 is 1.68 bits per heavy atom. The second-order valence-corrected chi connectivity index (χ2v) is 14.5. The van der Waals surface area contributed by atoms with Crippen molar-refractivity contribution in [3.63, 3.8) is 0 Å². The first-order valence-corrected chi connectivity index (χ1v) is 21.9. The minimum absolute atomic E-state index is 0.853. The van der Waals surface area contributed by atoms with Crippen LogP contribution in [0.15, 0.2) is 212 Å². The van der Waals surface area contributed by atoms with Crippen LogP contribution in [0.2, 0.25) is 0 Å². The van der Waals surface area contributed by atoms with Gasteiger partial charge >= 0.3 is 0 Å². The van der Waals surface area contributed by atoms with Crippen LogP contribution in [0, 0.1) is 6.92 Å². The van der Waals surface area contributed by atoms with E-state index in [4.69, 9.17) is 4.42 Å². The van der Waals surface area contributed by atoms with E-state index < -0.39 is 0 Å². The highest BCUT2D eigenvalue weighted by Crippen LogP contribution is 2.40. The lowest BCUT2D eigenvalue weighted by atomic mass is 10.0. The molecular weight excluding hydrogens is 791 g/mol. The molecule has 0 radical (unpaired) electrons. The molecule has 6 heterocycles. The lowest BCUT2D eigenvalue weighted by molar-refractivity contribution is 0.670. The minimum Gasteiger partial charge on any atom is -0.455 e. The van der Waals surface area contributed by atoms with Gasteiger partial charge < -0.3 is 13.6 Å². The fraction of sp³-hybridized carbons (Fsp3) is 0.0893. The Bertz CT molecular complexity index is 3290. The Balaban J connectivity index is 0.000000282. The summed E-state index contributed by atoms with van der Waals surface area (Å²) in [5, 5.41) is 6.81. The predicted molar refractivity (Wildman–Crippen MR) is 273 cm³/mol. The van der Waals surface area contributed by atoms with Crippen LogP contribution in [0.4, 0.5) is 0 Å². The number of aromatic nitrogens is 5. The Morgan fingerprint density at radius 1 is 0.571 bits per heavy atom. The average Bonchev–Trinajstić information content (AvgIpc) is 4.00. The van der Waals surface area contributed by atoms with E-state index in [0.717, 1.165) is 82.9 Å². The second-order valence-electron chi connectivity index (χ2n) is 14.5. The van der Waals surface area contributed by atoms with Gasteiger partial charge in [-0.15, -0.1) is 0 Å². The van der Waals surface area contributed by atoms with Crippen LogP contribution in [0.1, 0.15) is 26.3 Å². The summed E-state index contributed by atoms with van der Waals surface area (Å²) in [5.74, 6) is 0. The highest BCUT2D eigenvalue weighted by Gasteiger charge is 2.18. The predicted octanol–water partition coefficient (Wildman–Crippen LogP) is 15.5. The highest BCUT2D eigenvalue weighted by atomic mass is 32.1. The highest BCUT2D eigenvalue weighted by molar-refractivity contribution is 7.79. The molecule has 6 nitrogen and oxygen atoms in total. The molecule has 0 amide bonds. The molecule has 7 heteroatoms. The van der Waals surface area contributed by atoms with E-state index in [0.29, 0.717) is 0 Å². The van der Waals surface area contributed by atoms with Crippen LogP contribution in [0.25, 0.3) is 88.1 Å². The van der Waals surface area contributed by atoms with Crippen LogP contribution < -0.4 is 0 Å². The normalized spacial score (nSPS) is 10.8. The first-order chi connectivity index (χ1) is 31.0. The molecular formula is C56H51N5OS. The van der Waals surface area contributed by atoms with E-state index in [1.165, 1.54) is 16.3 Å². The number of allylic oxidation sites excluding steroid dienone is 4. The molecule has 6 aromatic heterocycles. The molecule has 0 unspecified atom stereocenters. The quantitative estimate of drug-likeness (QED) is 0.138. The van der Waals surface area contributed by atoms with Crippen LogP contribution in [-0.4, -0.2) is 30.3 Å². The lowest BCUT2D eigenvalue weighted by Gasteiger charge is -2.08. The van der Waals surface area contributed by atoms with Crippen molar-refractivity contribution in [1.29, 1.82) is 0 Å². The van der Waals surface area contributed by atoms with E-state index in [1.54, 1.807) is 12.3 Å². The summed E-state index contributed by atoms with van der Waals surface area (Å²) in [6.45, 7) is 15.2. The van der Waals surface area contributed by atoms with Crippen molar-refractivity contribution in [1.82, 2.24) is 24.1 Å². The summed E-state index contributed by atoms with van der Waals surface area (Å²) in [4.78, 5) is 13.3. The van der Waals surface area contributed by atoms with Crippen molar-refractivity contribution in [2.45, 2.75) is 27.7 Å². The number of furan rings is 1. The number of para-hydroxylation sites is 2. The molecule has 5 aromatic carbocycles. The molecule has 0 atom stereocenters.